The second-order valence-electron chi connectivity index (χ2n) is 8.07. The van der Waals surface area contributed by atoms with Gasteiger partial charge in [0.25, 0.3) is 0 Å². The summed E-state index contributed by atoms with van der Waals surface area (Å²) in [5, 5.41) is 3.46. The molecule has 9 heteroatoms. The Morgan fingerprint density at radius 1 is 1.12 bits per heavy atom. The van der Waals surface area contributed by atoms with E-state index < -0.39 is 12.0 Å². The van der Waals surface area contributed by atoms with Gasteiger partial charge in [-0.15, -0.1) is 0 Å². The van der Waals surface area contributed by atoms with E-state index in [2.05, 4.69) is 10.2 Å². The third-order valence-electron chi connectivity index (χ3n) is 6.01. The van der Waals surface area contributed by atoms with Crippen LogP contribution in [0.15, 0.2) is 35.5 Å². The lowest BCUT2D eigenvalue weighted by Gasteiger charge is -2.39. The molecule has 0 bridgehead atoms. The Balaban J connectivity index is 1.93. The molecule has 3 rings (SSSR count). The SMILES string of the molecule is CCOC(=O)C1=C(CN2CCC(C(=O)OCC)CC2)N(CC)C(=O)N[C@H]1c1cccc(Cl)c1. The molecule has 2 heterocycles. The van der Waals surface area contributed by atoms with Gasteiger partial charge in [-0.05, 0) is 64.4 Å². The summed E-state index contributed by atoms with van der Waals surface area (Å²) >= 11 is 6.20. The summed E-state index contributed by atoms with van der Waals surface area (Å²) in [5.41, 5.74) is 1.75. The first-order valence-electron chi connectivity index (χ1n) is 11.5. The minimum absolute atomic E-state index is 0.115. The second-order valence-corrected chi connectivity index (χ2v) is 8.50. The van der Waals surface area contributed by atoms with Gasteiger partial charge >= 0.3 is 18.0 Å². The number of benzene rings is 1. The predicted octanol–water partition coefficient (Wildman–Crippen LogP) is 3.52. The first kappa shape index (κ1) is 25.1. The van der Waals surface area contributed by atoms with Crippen LogP contribution < -0.4 is 5.32 Å². The van der Waals surface area contributed by atoms with Crippen molar-refractivity contribution in [3.63, 3.8) is 0 Å². The number of hydrogen-bond acceptors (Lipinski definition) is 6. The number of nitrogens with zero attached hydrogens (tertiary/aromatic N) is 2. The van der Waals surface area contributed by atoms with E-state index in [9.17, 15) is 14.4 Å². The molecule has 1 atom stereocenters. The van der Waals surface area contributed by atoms with Crippen molar-refractivity contribution in [1.82, 2.24) is 15.1 Å². The van der Waals surface area contributed by atoms with Gasteiger partial charge in [0.05, 0.1) is 30.7 Å². The Bertz CT molecular complexity index is 911. The zero-order chi connectivity index (χ0) is 24.0. The molecule has 2 amide bonds. The van der Waals surface area contributed by atoms with Gasteiger partial charge in [0.15, 0.2) is 0 Å². The lowest BCUT2D eigenvalue weighted by molar-refractivity contribution is -0.149. The Morgan fingerprint density at radius 2 is 1.82 bits per heavy atom. The highest BCUT2D eigenvalue weighted by atomic mass is 35.5. The predicted molar refractivity (Wildman–Crippen MR) is 125 cm³/mol. The summed E-state index contributed by atoms with van der Waals surface area (Å²) in [6.45, 7) is 8.19. The summed E-state index contributed by atoms with van der Waals surface area (Å²) in [5.74, 6) is -0.731. The fraction of sp³-hybridized carbons (Fsp3) is 0.542. The molecule has 0 radical (unpaired) electrons. The van der Waals surface area contributed by atoms with Crippen LogP contribution in [0.2, 0.25) is 5.02 Å². The fourth-order valence-corrected chi connectivity index (χ4v) is 4.59. The van der Waals surface area contributed by atoms with Crippen LogP contribution in [0.1, 0.15) is 45.2 Å². The lowest BCUT2D eigenvalue weighted by atomic mass is 9.93. The summed E-state index contributed by atoms with van der Waals surface area (Å²) in [6, 6.07) is 6.18. The molecule has 0 saturated carbocycles. The number of urea groups is 1. The quantitative estimate of drug-likeness (QED) is 0.576. The maximum Gasteiger partial charge on any atom is 0.338 e. The molecule has 1 aromatic rings. The van der Waals surface area contributed by atoms with Crippen LogP contribution in [0.3, 0.4) is 0 Å². The summed E-state index contributed by atoms with van der Waals surface area (Å²) < 4.78 is 10.6. The standard InChI is InChI=1S/C24H32ClN3O5/c1-4-28-19(15-27-12-10-16(11-13-27)22(29)32-5-2)20(23(30)33-6-3)21(26-24(28)31)17-8-7-9-18(25)14-17/h7-9,14,16,21H,4-6,10-13,15H2,1-3H3,(H,26,31)/t21-/m0/s1. The number of likely N-dealkylation sites (tertiary alicyclic amines) is 1. The van der Waals surface area contributed by atoms with Crippen LogP contribution in [0.25, 0.3) is 0 Å². The fourth-order valence-electron chi connectivity index (χ4n) is 4.39. The van der Waals surface area contributed by atoms with Crippen molar-refractivity contribution >= 4 is 29.6 Å². The summed E-state index contributed by atoms with van der Waals surface area (Å²) in [7, 11) is 0. The molecule has 2 aliphatic rings. The van der Waals surface area contributed by atoms with E-state index >= 15 is 0 Å². The molecule has 0 spiro atoms. The molecule has 1 N–H and O–H groups in total. The number of ether oxygens (including phenoxy) is 2. The highest BCUT2D eigenvalue weighted by Crippen LogP contribution is 2.33. The van der Waals surface area contributed by atoms with Gasteiger partial charge in [-0.1, -0.05) is 23.7 Å². The minimum atomic E-state index is -0.662. The number of rotatable bonds is 8. The van der Waals surface area contributed by atoms with Crippen molar-refractivity contribution in [2.24, 2.45) is 5.92 Å². The van der Waals surface area contributed by atoms with E-state index in [-0.39, 0.29) is 24.5 Å². The number of halogens is 1. The molecular formula is C24H32ClN3O5. The number of likely N-dealkylation sites (N-methyl/N-ethyl adjacent to an activating group) is 1. The van der Waals surface area contributed by atoms with Gasteiger partial charge in [0, 0.05) is 23.8 Å². The Labute approximate surface area is 199 Å². The van der Waals surface area contributed by atoms with Gasteiger partial charge in [-0.25, -0.2) is 9.59 Å². The van der Waals surface area contributed by atoms with Gasteiger partial charge in [-0.2, -0.15) is 0 Å². The maximum atomic E-state index is 13.1. The zero-order valence-electron chi connectivity index (χ0n) is 19.4. The van der Waals surface area contributed by atoms with Crippen LogP contribution in [0.5, 0.6) is 0 Å². The first-order chi connectivity index (χ1) is 15.9. The second kappa shape index (κ2) is 11.5. The van der Waals surface area contributed by atoms with Crippen LogP contribution in [0.4, 0.5) is 4.79 Å². The number of carbonyl (C=O) groups is 3. The molecule has 180 valence electrons. The largest absolute Gasteiger partial charge is 0.466 e. The average molecular weight is 478 g/mol. The van der Waals surface area contributed by atoms with Crippen molar-refractivity contribution in [2.45, 2.75) is 39.7 Å². The van der Waals surface area contributed by atoms with Crippen molar-refractivity contribution in [1.29, 1.82) is 0 Å². The molecule has 1 aromatic carbocycles. The van der Waals surface area contributed by atoms with Crippen molar-refractivity contribution in [3.8, 4) is 0 Å². The molecule has 33 heavy (non-hydrogen) atoms. The van der Waals surface area contributed by atoms with Crippen molar-refractivity contribution in [2.75, 3.05) is 39.4 Å². The molecule has 8 nitrogen and oxygen atoms in total. The molecule has 2 aliphatic heterocycles. The summed E-state index contributed by atoms with van der Waals surface area (Å²) in [4.78, 5) is 42.0. The van der Waals surface area contributed by atoms with Crippen LogP contribution in [-0.4, -0.2) is 67.2 Å². The minimum Gasteiger partial charge on any atom is -0.466 e. The molecular weight excluding hydrogens is 446 g/mol. The zero-order valence-corrected chi connectivity index (χ0v) is 20.2. The van der Waals surface area contributed by atoms with Crippen molar-refractivity contribution < 1.29 is 23.9 Å². The third kappa shape index (κ3) is 5.86. The van der Waals surface area contributed by atoms with Crippen LogP contribution in [-0.2, 0) is 19.1 Å². The monoisotopic (exact) mass is 477 g/mol. The first-order valence-corrected chi connectivity index (χ1v) is 11.9. The Morgan fingerprint density at radius 3 is 2.42 bits per heavy atom. The van der Waals surface area contributed by atoms with Crippen molar-refractivity contribution in [3.05, 3.63) is 46.1 Å². The summed E-state index contributed by atoms with van der Waals surface area (Å²) in [6.07, 6.45) is 1.35. The van der Waals surface area contributed by atoms with Gasteiger partial charge in [0.2, 0.25) is 0 Å². The Kier molecular flexibility index (Phi) is 8.74. The van der Waals surface area contributed by atoms with Crippen LogP contribution in [0, 0.1) is 5.92 Å². The van der Waals surface area contributed by atoms with Gasteiger partial charge in [-0.3, -0.25) is 14.6 Å². The number of amides is 2. The molecule has 0 unspecified atom stereocenters. The number of hydrogen-bond donors (Lipinski definition) is 1. The lowest BCUT2D eigenvalue weighted by Crippen LogP contribution is -2.51. The van der Waals surface area contributed by atoms with E-state index in [1.54, 1.807) is 36.9 Å². The van der Waals surface area contributed by atoms with Gasteiger partial charge in [0.1, 0.15) is 0 Å². The number of esters is 2. The average Bonchev–Trinajstić information content (AvgIpc) is 2.79. The molecule has 1 fully saturated rings. The third-order valence-corrected chi connectivity index (χ3v) is 6.25. The number of piperidine rings is 1. The Hall–Kier alpha value is -2.58. The van der Waals surface area contributed by atoms with E-state index in [4.69, 9.17) is 21.1 Å². The van der Waals surface area contributed by atoms with E-state index in [0.717, 1.165) is 0 Å². The molecule has 1 saturated heterocycles. The molecule has 0 aliphatic carbocycles. The maximum absolute atomic E-state index is 13.1. The van der Waals surface area contributed by atoms with E-state index in [0.29, 0.717) is 67.5 Å². The topological polar surface area (TPSA) is 88.2 Å². The smallest absolute Gasteiger partial charge is 0.338 e. The van der Waals surface area contributed by atoms with Crippen LogP contribution >= 0.6 is 11.6 Å². The van der Waals surface area contributed by atoms with E-state index in [1.807, 2.05) is 13.0 Å². The molecule has 0 aromatic heterocycles. The van der Waals surface area contributed by atoms with Gasteiger partial charge < -0.3 is 14.8 Å². The highest BCUT2D eigenvalue weighted by molar-refractivity contribution is 6.30. The highest BCUT2D eigenvalue weighted by Gasteiger charge is 2.39. The number of carbonyl (C=O) groups excluding carboxylic acids is 3. The number of nitrogens with one attached hydrogen (secondary N) is 1. The normalized spacial score (nSPS) is 19.9. The van der Waals surface area contributed by atoms with E-state index in [1.165, 1.54) is 0 Å².